The second-order valence-electron chi connectivity index (χ2n) is 7.89. The van der Waals surface area contributed by atoms with Crippen LogP contribution in [0.15, 0.2) is 24.3 Å². The molecule has 132 valence electrons. The van der Waals surface area contributed by atoms with Crippen molar-refractivity contribution in [1.29, 1.82) is 0 Å². The summed E-state index contributed by atoms with van der Waals surface area (Å²) in [7, 11) is 0. The van der Waals surface area contributed by atoms with E-state index in [1.807, 2.05) is 12.1 Å². The third kappa shape index (κ3) is 3.69. The molecule has 1 fully saturated rings. The fourth-order valence-electron chi connectivity index (χ4n) is 3.50. The lowest BCUT2D eigenvalue weighted by Crippen LogP contribution is -2.33. The van der Waals surface area contributed by atoms with Gasteiger partial charge in [0, 0.05) is 36.6 Å². The number of phenolic OH excluding ortho intramolecular Hbond substituents is 1. The number of fused-ring (bicyclic) bond motifs is 1. The summed E-state index contributed by atoms with van der Waals surface area (Å²) in [5.74, 6) is 2.61. The lowest BCUT2D eigenvalue weighted by molar-refractivity contribution is 0.237. The van der Waals surface area contributed by atoms with E-state index in [0.29, 0.717) is 11.7 Å². The molecule has 1 aromatic heterocycles. The molecule has 2 heterocycles. The fraction of sp³-hybridized carbons (Fsp3) is 0.524. The van der Waals surface area contributed by atoms with E-state index in [1.54, 1.807) is 12.1 Å². The van der Waals surface area contributed by atoms with E-state index in [0.717, 1.165) is 49.1 Å². The molecule has 0 atom stereocenters. The second-order valence-corrected chi connectivity index (χ2v) is 7.89. The van der Waals surface area contributed by atoms with Crippen LogP contribution < -0.4 is 0 Å². The maximum absolute atomic E-state index is 9.62. The first-order valence-electron chi connectivity index (χ1n) is 9.51. The van der Waals surface area contributed by atoms with Gasteiger partial charge in [0.05, 0.1) is 11.4 Å². The smallest absolute Gasteiger partial charge is 0.132 e. The number of hydrogen-bond acceptors (Lipinski definition) is 4. The highest BCUT2D eigenvalue weighted by Gasteiger charge is 2.30. The maximum atomic E-state index is 9.62. The first-order valence-corrected chi connectivity index (χ1v) is 9.51. The number of nitrogens with zero attached hydrogens (tertiary/aromatic N) is 3. The standard InChI is InChI=1S/C21H27N3O/c1-14(2)9-11-24-12-10-19-18(13-24)20(15-5-7-17(25)8-6-15)23-21(22-19)16-3-4-16/h5-8,14,16,25H,3-4,9-13H2,1-2H3. The molecular weight excluding hydrogens is 310 g/mol. The zero-order valence-corrected chi connectivity index (χ0v) is 15.2. The Labute approximate surface area is 149 Å². The summed E-state index contributed by atoms with van der Waals surface area (Å²) in [5.41, 5.74) is 4.68. The van der Waals surface area contributed by atoms with Gasteiger partial charge in [0.2, 0.25) is 0 Å². The van der Waals surface area contributed by atoms with Crippen molar-refractivity contribution in [2.24, 2.45) is 5.92 Å². The zero-order chi connectivity index (χ0) is 17.4. The summed E-state index contributed by atoms with van der Waals surface area (Å²) in [5, 5.41) is 9.62. The first-order chi connectivity index (χ1) is 12.1. The third-order valence-corrected chi connectivity index (χ3v) is 5.26. The summed E-state index contributed by atoms with van der Waals surface area (Å²) in [6.07, 6.45) is 4.67. The van der Waals surface area contributed by atoms with Crippen LogP contribution in [0.2, 0.25) is 0 Å². The Morgan fingerprint density at radius 3 is 2.60 bits per heavy atom. The first kappa shape index (κ1) is 16.5. The average Bonchev–Trinajstić information content (AvgIpc) is 3.45. The molecule has 4 rings (SSSR count). The van der Waals surface area contributed by atoms with Crippen LogP contribution in [-0.4, -0.2) is 33.1 Å². The van der Waals surface area contributed by atoms with E-state index < -0.39 is 0 Å². The SMILES string of the molecule is CC(C)CCN1CCc2nc(C3CC3)nc(-c3ccc(O)cc3)c2C1. The van der Waals surface area contributed by atoms with Crippen molar-refractivity contribution in [3.63, 3.8) is 0 Å². The molecule has 0 spiro atoms. The third-order valence-electron chi connectivity index (χ3n) is 5.26. The van der Waals surface area contributed by atoms with E-state index in [4.69, 9.17) is 9.97 Å². The van der Waals surface area contributed by atoms with Gasteiger partial charge >= 0.3 is 0 Å². The minimum atomic E-state index is 0.299. The van der Waals surface area contributed by atoms with Gasteiger partial charge in [0.1, 0.15) is 11.6 Å². The normalized spacial score (nSPS) is 17.7. The van der Waals surface area contributed by atoms with Crippen molar-refractivity contribution in [2.45, 2.75) is 52.0 Å². The van der Waals surface area contributed by atoms with Crippen LogP contribution in [0.4, 0.5) is 0 Å². The number of aromatic hydroxyl groups is 1. The van der Waals surface area contributed by atoms with Gasteiger partial charge in [0.25, 0.3) is 0 Å². The second kappa shape index (κ2) is 6.75. The molecule has 0 unspecified atom stereocenters. The van der Waals surface area contributed by atoms with Gasteiger partial charge in [-0.25, -0.2) is 9.97 Å². The van der Waals surface area contributed by atoms with Crippen molar-refractivity contribution >= 4 is 0 Å². The molecule has 1 N–H and O–H groups in total. The molecule has 1 saturated carbocycles. The van der Waals surface area contributed by atoms with Crippen LogP contribution >= 0.6 is 0 Å². The van der Waals surface area contributed by atoms with Crippen LogP contribution in [0.5, 0.6) is 5.75 Å². The maximum Gasteiger partial charge on any atom is 0.132 e. The summed E-state index contributed by atoms with van der Waals surface area (Å²) in [4.78, 5) is 12.4. The number of hydrogen-bond donors (Lipinski definition) is 1. The molecule has 4 nitrogen and oxygen atoms in total. The van der Waals surface area contributed by atoms with Gasteiger partial charge in [-0.15, -0.1) is 0 Å². The average molecular weight is 337 g/mol. The molecule has 1 aliphatic carbocycles. The molecule has 0 amide bonds. The molecule has 0 bridgehead atoms. The fourth-order valence-corrected chi connectivity index (χ4v) is 3.50. The van der Waals surface area contributed by atoms with Gasteiger partial charge in [-0.3, -0.25) is 4.90 Å². The van der Waals surface area contributed by atoms with E-state index in [9.17, 15) is 5.11 Å². The van der Waals surface area contributed by atoms with Gasteiger partial charge < -0.3 is 5.11 Å². The van der Waals surface area contributed by atoms with Crippen molar-refractivity contribution < 1.29 is 5.11 Å². The van der Waals surface area contributed by atoms with Crippen molar-refractivity contribution in [2.75, 3.05) is 13.1 Å². The Kier molecular flexibility index (Phi) is 4.46. The Morgan fingerprint density at radius 1 is 1.16 bits per heavy atom. The molecule has 2 aliphatic rings. The molecular formula is C21H27N3O. The zero-order valence-electron chi connectivity index (χ0n) is 15.2. The lowest BCUT2D eigenvalue weighted by atomic mass is 9.98. The van der Waals surface area contributed by atoms with E-state index in [1.165, 1.54) is 30.5 Å². The van der Waals surface area contributed by atoms with Crippen molar-refractivity contribution in [1.82, 2.24) is 14.9 Å². The van der Waals surface area contributed by atoms with Crippen LogP contribution in [0.25, 0.3) is 11.3 Å². The molecule has 25 heavy (non-hydrogen) atoms. The summed E-state index contributed by atoms with van der Waals surface area (Å²) >= 11 is 0. The summed E-state index contributed by atoms with van der Waals surface area (Å²) in [6, 6.07) is 7.45. The lowest BCUT2D eigenvalue weighted by Gasteiger charge is -2.30. The van der Waals surface area contributed by atoms with Gasteiger partial charge in [0.15, 0.2) is 0 Å². The monoisotopic (exact) mass is 337 g/mol. The van der Waals surface area contributed by atoms with E-state index in [2.05, 4.69) is 18.7 Å². The quantitative estimate of drug-likeness (QED) is 0.891. The van der Waals surface area contributed by atoms with Crippen LogP contribution in [0.3, 0.4) is 0 Å². The van der Waals surface area contributed by atoms with Gasteiger partial charge in [-0.05, 0) is 56.0 Å². The number of phenols is 1. The Morgan fingerprint density at radius 2 is 1.92 bits per heavy atom. The predicted molar refractivity (Wildman–Crippen MR) is 99.5 cm³/mol. The Bertz CT molecular complexity index is 750. The van der Waals surface area contributed by atoms with Crippen LogP contribution in [0.1, 0.15) is 56.1 Å². The molecule has 2 aromatic rings. The highest BCUT2D eigenvalue weighted by atomic mass is 16.3. The van der Waals surface area contributed by atoms with Gasteiger partial charge in [-0.2, -0.15) is 0 Å². The topological polar surface area (TPSA) is 49.2 Å². The molecule has 1 aromatic carbocycles. The molecule has 1 aliphatic heterocycles. The van der Waals surface area contributed by atoms with E-state index >= 15 is 0 Å². The van der Waals surface area contributed by atoms with Crippen LogP contribution in [-0.2, 0) is 13.0 Å². The Balaban J connectivity index is 1.69. The van der Waals surface area contributed by atoms with E-state index in [-0.39, 0.29) is 0 Å². The van der Waals surface area contributed by atoms with Crippen molar-refractivity contribution in [3.05, 3.63) is 41.3 Å². The van der Waals surface area contributed by atoms with Crippen LogP contribution in [0, 0.1) is 5.92 Å². The summed E-state index contributed by atoms with van der Waals surface area (Å²) < 4.78 is 0. The highest BCUT2D eigenvalue weighted by Crippen LogP contribution is 2.40. The minimum Gasteiger partial charge on any atom is -0.508 e. The number of aromatic nitrogens is 2. The van der Waals surface area contributed by atoms with Gasteiger partial charge in [-0.1, -0.05) is 13.8 Å². The number of benzene rings is 1. The number of rotatable bonds is 5. The van der Waals surface area contributed by atoms with Crippen molar-refractivity contribution in [3.8, 4) is 17.0 Å². The predicted octanol–water partition coefficient (Wildman–Crippen LogP) is 4.13. The largest absolute Gasteiger partial charge is 0.508 e. The minimum absolute atomic E-state index is 0.299. The summed E-state index contributed by atoms with van der Waals surface area (Å²) in [6.45, 7) is 7.73. The highest BCUT2D eigenvalue weighted by molar-refractivity contribution is 5.65. The molecule has 4 heteroatoms. The Hall–Kier alpha value is -1.94. The molecule has 0 saturated heterocycles. The molecule has 0 radical (unpaired) electrons.